The van der Waals surface area contributed by atoms with E-state index in [0.29, 0.717) is 6.42 Å². The average molecular weight is 235 g/mol. The summed E-state index contributed by atoms with van der Waals surface area (Å²) in [5.41, 5.74) is -1.56. The van der Waals surface area contributed by atoms with E-state index in [1.54, 1.807) is 6.92 Å². The van der Waals surface area contributed by atoms with Gasteiger partial charge >= 0.3 is 6.18 Å². The zero-order valence-electron chi connectivity index (χ0n) is 7.69. The molecule has 0 saturated carbocycles. The maximum Gasteiger partial charge on any atom is 0.420 e. The summed E-state index contributed by atoms with van der Waals surface area (Å²) >= 11 is 5.57. The van der Waals surface area contributed by atoms with Gasteiger partial charge < -0.3 is 0 Å². The molecule has 2 nitrogen and oxygen atoms in total. The highest BCUT2D eigenvalue weighted by Gasteiger charge is 2.37. The molecule has 0 spiro atoms. The van der Waals surface area contributed by atoms with E-state index >= 15 is 0 Å². The fourth-order valence-electron chi connectivity index (χ4n) is 1.12. The van der Waals surface area contributed by atoms with Crippen molar-refractivity contribution in [2.24, 2.45) is 0 Å². The van der Waals surface area contributed by atoms with Crippen molar-refractivity contribution in [2.45, 2.75) is 19.5 Å². The predicted octanol–water partition coefficient (Wildman–Crippen LogP) is 3.19. The van der Waals surface area contributed by atoms with Crippen LogP contribution in [-0.2, 0) is 12.6 Å². The number of nitriles is 1. The van der Waals surface area contributed by atoms with Gasteiger partial charge in [0.05, 0.1) is 5.02 Å². The molecule has 0 atom stereocenters. The zero-order valence-corrected chi connectivity index (χ0v) is 8.45. The van der Waals surface area contributed by atoms with Crippen molar-refractivity contribution in [2.75, 3.05) is 0 Å². The van der Waals surface area contributed by atoms with Crippen LogP contribution in [0.3, 0.4) is 0 Å². The minimum atomic E-state index is -4.65. The molecule has 0 fully saturated rings. The van der Waals surface area contributed by atoms with Crippen molar-refractivity contribution in [3.8, 4) is 6.07 Å². The Bertz CT molecular complexity index is 421. The molecular weight excluding hydrogens is 229 g/mol. The molecule has 0 N–H and O–H groups in total. The van der Waals surface area contributed by atoms with Crippen LogP contribution in [0, 0.1) is 11.3 Å². The number of hydrogen-bond acceptors (Lipinski definition) is 2. The maximum absolute atomic E-state index is 12.5. The van der Waals surface area contributed by atoms with Crippen LogP contribution >= 0.6 is 11.6 Å². The minimum absolute atomic E-state index is 0.281. The van der Waals surface area contributed by atoms with Crippen LogP contribution < -0.4 is 0 Å². The molecule has 1 rings (SSSR count). The molecule has 0 aliphatic carbocycles. The van der Waals surface area contributed by atoms with Gasteiger partial charge in [0.1, 0.15) is 11.6 Å². The highest BCUT2D eigenvalue weighted by atomic mass is 35.5. The Morgan fingerprint density at radius 2 is 2.13 bits per heavy atom. The van der Waals surface area contributed by atoms with Gasteiger partial charge in [-0.25, -0.2) is 4.98 Å². The Balaban J connectivity index is 3.52. The molecule has 0 unspecified atom stereocenters. The Labute approximate surface area is 89.3 Å². The van der Waals surface area contributed by atoms with Crippen molar-refractivity contribution in [3.63, 3.8) is 0 Å². The highest BCUT2D eigenvalue weighted by molar-refractivity contribution is 6.32. The molecule has 80 valence electrons. The maximum atomic E-state index is 12.5. The first-order chi connectivity index (χ1) is 6.91. The number of hydrogen-bond donors (Lipinski definition) is 0. The third-order valence-electron chi connectivity index (χ3n) is 1.86. The predicted molar refractivity (Wildman–Crippen MR) is 48.3 cm³/mol. The summed E-state index contributed by atoms with van der Waals surface area (Å²) in [7, 11) is 0. The summed E-state index contributed by atoms with van der Waals surface area (Å²) in [5, 5.41) is 8.06. The Hall–Kier alpha value is -1.28. The van der Waals surface area contributed by atoms with Gasteiger partial charge in [0, 0.05) is 6.20 Å². The first-order valence-corrected chi connectivity index (χ1v) is 4.44. The van der Waals surface area contributed by atoms with Gasteiger partial charge in [-0.05, 0) is 12.0 Å². The van der Waals surface area contributed by atoms with E-state index in [9.17, 15) is 13.2 Å². The van der Waals surface area contributed by atoms with Crippen molar-refractivity contribution < 1.29 is 13.2 Å². The number of pyridine rings is 1. The van der Waals surface area contributed by atoms with Gasteiger partial charge in [0.2, 0.25) is 0 Å². The number of aryl methyl sites for hydroxylation is 1. The summed E-state index contributed by atoms with van der Waals surface area (Å²) < 4.78 is 37.6. The third-order valence-corrected chi connectivity index (χ3v) is 2.29. The van der Waals surface area contributed by atoms with Crippen molar-refractivity contribution in [1.82, 2.24) is 4.98 Å². The molecule has 15 heavy (non-hydrogen) atoms. The van der Waals surface area contributed by atoms with Crippen LogP contribution in [0.2, 0.25) is 5.02 Å². The molecule has 1 aromatic heterocycles. The lowest BCUT2D eigenvalue weighted by Crippen LogP contribution is -2.11. The smallest absolute Gasteiger partial charge is 0.245 e. The lowest BCUT2D eigenvalue weighted by atomic mass is 10.1. The summed E-state index contributed by atoms with van der Waals surface area (Å²) in [5.74, 6) is 0. The fourth-order valence-corrected chi connectivity index (χ4v) is 1.50. The third kappa shape index (κ3) is 2.21. The lowest BCUT2D eigenvalue weighted by molar-refractivity contribution is -0.138. The summed E-state index contributed by atoms with van der Waals surface area (Å²) in [6.07, 6.45) is -3.13. The summed E-state index contributed by atoms with van der Waals surface area (Å²) in [6, 6.07) is 1.38. The van der Waals surface area contributed by atoms with Crippen molar-refractivity contribution >= 4 is 11.6 Å². The van der Waals surface area contributed by atoms with Gasteiger partial charge in [-0.2, -0.15) is 18.4 Å². The van der Waals surface area contributed by atoms with Gasteiger partial charge in [0.15, 0.2) is 5.69 Å². The van der Waals surface area contributed by atoms with Crippen molar-refractivity contribution in [1.29, 1.82) is 5.26 Å². The second-order valence-electron chi connectivity index (χ2n) is 2.78. The normalized spacial score (nSPS) is 11.2. The highest BCUT2D eigenvalue weighted by Crippen LogP contribution is 2.37. The lowest BCUT2D eigenvalue weighted by Gasteiger charge is -2.12. The molecule has 0 bridgehead atoms. The van der Waals surface area contributed by atoms with Crippen LogP contribution in [0.4, 0.5) is 13.2 Å². The molecule has 6 heteroatoms. The van der Waals surface area contributed by atoms with Gasteiger partial charge in [-0.15, -0.1) is 0 Å². The Morgan fingerprint density at radius 3 is 2.53 bits per heavy atom. The Kier molecular flexibility index (Phi) is 3.20. The number of nitrogens with zero attached hydrogens (tertiary/aromatic N) is 2. The average Bonchev–Trinajstić information content (AvgIpc) is 2.15. The summed E-state index contributed by atoms with van der Waals surface area (Å²) in [4.78, 5) is 3.43. The number of rotatable bonds is 1. The fraction of sp³-hybridized carbons (Fsp3) is 0.333. The van der Waals surface area contributed by atoms with E-state index in [0.717, 1.165) is 0 Å². The molecule has 0 saturated heterocycles. The van der Waals surface area contributed by atoms with E-state index in [-0.39, 0.29) is 5.56 Å². The molecule has 1 aromatic rings. The first-order valence-electron chi connectivity index (χ1n) is 4.06. The van der Waals surface area contributed by atoms with Crippen LogP contribution in [0.5, 0.6) is 0 Å². The SMILES string of the molecule is CCc1cnc(C#N)c(C(F)(F)F)c1Cl. The van der Waals surface area contributed by atoms with E-state index in [4.69, 9.17) is 16.9 Å². The van der Waals surface area contributed by atoms with Gasteiger partial charge in [-0.3, -0.25) is 0 Å². The molecule has 0 aromatic carbocycles. The molecular formula is C9H6ClF3N2. The standard InChI is InChI=1S/C9H6ClF3N2/c1-2-5-4-15-6(3-14)7(8(5)10)9(11,12)13/h4H,2H2,1H3. The van der Waals surface area contributed by atoms with E-state index in [1.165, 1.54) is 12.3 Å². The van der Waals surface area contributed by atoms with Gasteiger partial charge in [0.25, 0.3) is 0 Å². The topological polar surface area (TPSA) is 36.7 Å². The van der Waals surface area contributed by atoms with Crippen LogP contribution in [0.1, 0.15) is 23.7 Å². The molecule has 0 aliphatic rings. The van der Waals surface area contributed by atoms with Crippen LogP contribution in [-0.4, -0.2) is 4.98 Å². The molecule has 1 heterocycles. The quantitative estimate of drug-likeness (QED) is 0.748. The van der Waals surface area contributed by atoms with E-state index in [2.05, 4.69) is 4.98 Å². The van der Waals surface area contributed by atoms with E-state index in [1.807, 2.05) is 0 Å². The first kappa shape index (κ1) is 11.8. The molecule has 0 radical (unpaired) electrons. The van der Waals surface area contributed by atoms with Crippen LogP contribution in [0.25, 0.3) is 0 Å². The number of halogens is 4. The molecule has 0 amide bonds. The minimum Gasteiger partial charge on any atom is -0.245 e. The van der Waals surface area contributed by atoms with Crippen molar-refractivity contribution in [3.05, 3.63) is 28.0 Å². The molecule has 0 aliphatic heterocycles. The Morgan fingerprint density at radius 1 is 1.53 bits per heavy atom. The monoisotopic (exact) mass is 234 g/mol. The second kappa shape index (κ2) is 4.07. The largest absolute Gasteiger partial charge is 0.420 e. The second-order valence-corrected chi connectivity index (χ2v) is 3.16. The van der Waals surface area contributed by atoms with Gasteiger partial charge in [-0.1, -0.05) is 18.5 Å². The zero-order chi connectivity index (χ0) is 11.6. The number of aromatic nitrogens is 1. The number of alkyl halides is 3. The summed E-state index contributed by atoms with van der Waals surface area (Å²) in [6.45, 7) is 1.66. The van der Waals surface area contributed by atoms with E-state index < -0.39 is 22.5 Å². The van der Waals surface area contributed by atoms with Crippen LogP contribution in [0.15, 0.2) is 6.20 Å².